The van der Waals surface area contributed by atoms with Crippen LogP contribution in [0.25, 0.3) is 0 Å². The van der Waals surface area contributed by atoms with Gasteiger partial charge in [-0.1, -0.05) is 0 Å². The van der Waals surface area contributed by atoms with Gasteiger partial charge in [0.05, 0.1) is 12.5 Å². The monoisotopic (exact) mass is 252 g/mol. The first-order chi connectivity index (χ1) is 7.31. The highest BCUT2D eigenvalue weighted by Gasteiger charge is 2.32. The van der Waals surface area contributed by atoms with E-state index in [1.165, 1.54) is 7.05 Å². The summed E-state index contributed by atoms with van der Waals surface area (Å²) in [6, 6.07) is -0.243. The van der Waals surface area contributed by atoms with Crippen molar-refractivity contribution in [3.8, 4) is 0 Å². The molecule has 0 amide bonds. The highest BCUT2D eigenvalue weighted by atomic mass is 32.2. The third-order valence-electron chi connectivity index (χ3n) is 2.48. The van der Waals surface area contributed by atoms with E-state index in [9.17, 15) is 13.2 Å². The largest absolute Gasteiger partial charge is 0.481 e. The fourth-order valence-electron chi connectivity index (χ4n) is 1.36. The van der Waals surface area contributed by atoms with E-state index in [2.05, 4.69) is 4.72 Å². The first-order valence-electron chi connectivity index (χ1n) is 4.94. The van der Waals surface area contributed by atoms with E-state index in [4.69, 9.17) is 10.2 Å². The molecule has 0 spiro atoms. The van der Waals surface area contributed by atoms with Crippen molar-refractivity contribution in [2.45, 2.75) is 31.4 Å². The molecule has 1 aliphatic rings. The van der Waals surface area contributed by atoms with E-state index in [0.717, 1.165) is 4.31 Å². The summed E-state index contributed by atoms with van der Waals surface area (Å²) in [5, 5.41) is 17.4. The molecular formula is C8H16N2O5S. The molecule has 3 N–H and O–H groups in total. The molecule has 1 saturated carbocycles. The molecule has 0 radical (unpaired) electrons. The van der Waals surface area contributed by atoms with Gasteiger partial charge in [-0.25, -0.2) is 0 Å². The number of nitrogens with zero attached hydrogens (tertiary/aromatic N) is 1. The number of aliphatic carboxylic acids is 1. The number of nitrogens with one attached hydrogen (secondary N) is 1. The number of hydrogen-bond acceptors (Lipinski definition) is 4. The third kappa shape index (κ3) is 3.71. The minimum Gasteiger partial charge on any atom is -0.481 e. The normalized spacial score (nSPS) is 25.4. The van der Waals surface area contributed by atoms with Crippen LogP contribution in [-0.4, -0.2) is 54.6 Å². The standard InChI is InChI=1S/C8H16N2O5S/c1-10(3-2-8(12)13)16(14,15)9-6-4-7(11)5-6/h6-7,9,11H,2-5H2,1H3,(H,12,13). The summed E-state index contributed by atoms with van der Waals surface area (Å²) in [6.45, 7) is -0.0695. The second-order valence-electron chi connectivity index (χ2n) is 3.91. The van der Waals surface area contributed by atoms with Crippen LogP contribution in [0.1, 0.15) is 19.3 Å². The molecule has 0 aromatic heterocycles. The number of carboxylic acids is 1. The first-order valence-corrected chi connectivity index (χ1v) is 6.38. The van der Waals surface area contributed by atoms with Gasteiger partial charge in [-0.3, -0.25) is 4.79 Å². The van der Waals surface area contributed by atoms with E-state index in [0.29, 0.717) is 12.8 Å². The van der Waals surface area contributed by atoms with E-state index < -0.39 is 22.3 Å². The predicted octanol–water partition coefficient (Wildman–Crippen LogP) is -1.25. The third-order valence-corrected chi connectivity index (χ3v) is 4.11. The van der Waals surface area contributed by atoms with Gasteiger partial charge in [0.1, 0.15) is 0 Å². The predicted molar refractivity (Wildman–Crippen MR) is 56.0 cm³/mol. The Morgan fingerprint density at radius 1 is 1.50 bits per heavy atom. The zero-order chi connectivity index (χ0) is 12.3. The average Bonchev–Trinajstić information content (AvgIpc) is 2.11. The molecular weight excluding hydrogens is 236 g/mol. The fourth-order valence-corrected chi connectivity index (χ4v) is 2.48. The van der Waals surface area contributed by atoms with Crippen LogP contribution in [0.2, 0.25) is 0 Å². The zero-order valence-corrected chi connectivity index (χ0v) is 9.77. The van der Waals surface area contributed by atoms with Crippen molar-refractivity contribution < 1.29 is 23.4 Å². The highest BCUT2D eigenvalue weighted by Crippen LogP contribution is 2.20. The summed E-state index contributed by atoms with van der Waals surface area (Å²) >= 11 is 0. The van der Waals surface area contributed by atoms with E-state index in [1.54, 1.807) is 0 Å². The van der Waals surface area contributed by atoms with Gasteiger partial charge in [-0.2, -0.15) is 17.4 Å². The summed E-state index contributed by atoms with van der Waals surface area (Å²) in [6.07, 6.45) is 0.153. The van der Waals surface area contributed by atoms with Crippen LogP contribution >= 0.6 is 0 Å². The summed E-state index contributed by atoms with van der Waals surface area (Å²) in [7, 11) is -2.31. The van der Waals surface area contributed by atoms with Crippen LogP contribution in [0.4, 0.5) is 0 Å². The van der Waals surface area contributed by atoms with Gasteiger partial charge in [0.2, 0.25) is 0 Å². The molecule has 0 atom stereocenters. The number of rotatable bonds is 6. The summed E-state index contributed by atoms with van der Waals surface area (Å²) in [4.78, 5) is 10.3. The molecule has 1 fully saturated rings. The Morgan fingerprint density at radius 3 is 2.50 bits per heavy atom. The average molecular weight is 252 g/mol. The lowest BCUT2D eigenvalue weighted by Crippen LogP contribution is -2.51. The Kier molecular flexibility index (Phi) is 4.25. The topological polar surface area (TPSA) is 107 Å². The molecule has 94 valence electrons. The summed E-state index contributed by atoms with van der Waals surface area (Å²) in [5.74, 6) is -1.04. The molecule has 0 aliphatic heterocycles. The van der Waals surface area contributed by atoms with Gasteiger partial charge in [-0.05, 0) is 12.8 Å². The lowest BCUT2D eigenvalue weighted by atomic mass is 9.91. The van der Waals surface area contributed by atoms with E-state index >= 15 is 0 Å². The molecule has 8 heteroatoms. The smallest absolute Gasteiger partial charge is 0.304 e. The SMILES string of the molecule is CN(CCC(=O)O)S(=O)(=O)NC1CC(O)C1. The van der Waals surface area contributed by atoms with Crippen LogP contribution in [0.15, 0.2) is 0 Å². The van der Waals surface area contributed by atoms with Crippen molar-refractivity contribution in [2.24, 2.45) is 0 Å². The van der Waals surface area contributed by atoms with Gasteiger partial charge in [-0.15, -0.1) is 0 Å². The van der Waals surface area contributed by atoms with Gasteiger partial charge in [0, 0.05) is 19.6 Å². The van der Waals surface area contributed by atoms with Gasteiger partial charge >= 0.3 is 5.97 Å². The van der Waals surface area contributed by atoms with Crippen molar-refractivity contribution in [3.05, 3.63) is 0 Å². The number of carbonyl (C=O) groups is 1. The minimum absolute atomic E-state index is 0.0695. The molecule has 16 heavy (non-hydrogen) atoms. The van der Waals surface area contributed by atoms with E-state index in [1.807, 2.05) is 0 Å². The molecule has 0 bridgehead atoms. The maximum absolute atomic E-state index is 11.6. The molecule has 0 saturated heterocycles. The second-order valence-corrected chi connectivity index (χ2v) is 5.72. The molecule has 0 unspecified atom stereocenters. The van der Waals surface area contributed by atoms with Crippen LogP contribution in [0.3, 0.4) is 0 Å². The number of carboxylic acid groups (broad SMARTS) is 1. The molecule has 1 rings (SSSR count). The Hall–Kier alpha value is -0.700. The van der Waals surface area contributed by atoms with E-state index in [-0.39, 0.29) is 19.0 Å². The fraction of sp³-hybridized carbons (Fsp3) is 0.875. The molecule has 7 nitrogen and oxygen atoms in total. The first kappa shape index (κ1) is 13.4. The number of aliphatic hydroxyl groups excluding tert-OH is 1. The van der Waals surface area contributed by atoms with Crippen LogP contribution in [-0.2, 0) is 15.0 Å². The Labute approximate surface area is 94.2 Å². The molecule has 0 aromatic rings. The molecule has 0 aromatic carbocycles. The van der Waals surface area contributed by atoms with Crippen LogP contribution < -0.4 is 4.72 Å². The van der Waals surface area contributed by atoms with Crippen molar-refractivity contribution in [3.63, 3.8) is 0 Å². The Morgan fingerprint density at radius 2 is 2.06 bits per heavy atom. The molecule has 0 heterocycles. The number of aliphatic hydroxyl groups is 1. The van der Waals surface area contributed by atoms with Gasteiger partial charge < -0.3 is 10.2 Å². The lowest BCUT2D eigenvalue weighted by Gasteiger charge is -2.32. The Balaban J connectivity index is 2.40. The zero-order valence-electron chi connectivity index (χ0n) is 8.96. The van der Waals surface area contributed by atoms with Crippen molar-refractivity contribution in [1.29, 1.82) is 0 Å². The van der Waals surface area contributed by atoms with Gasteiger partial charge in [0.25, 0.3) is 10.2 Å². The van der Waals surface area contributed by atoms with Crippen molar-refractivity contribution in [1.82, 2.24) is 9.03 Å². The maximum Gasteiger partial charge on any atom is 0.304 e. The Bertz CT molecular complexity index is 349. The minimum atomic E-state index is -3.63. The van der Waals surface area contributed by atoms with Crippen molar-refractivity contribution in [2.75, 3.05) is 13.6 Å². The van der Waals surface area contributed by atoms with Crippen LogP contribution in [0, 0.1) is 0 Å². The summed E-state index contributed by atoms with van der Waals surface area (Å²) in [5.41, 5.74) is 0. The van der Waals surface area contributed by atoms with Gasteiger partial charge in [0.15, 0.2) is 0 Å². The lowest BCUT2D eigenvalue weighted by molar-refractivity contribution is -0.137. The van der Waals surface area contributed by atoms with Crippen molar-refractivity contribution >= 4 is 16.2 Å². The second kappa shape index (κ2) is 5.09. The quantitative estimate of drug-likeness (QED) is 0.547. The maximum atomic E-state index is 11.6. The molecule has 1 aliphatic carbocycles. The highest BCUT2D eigenvalue weighted by molar-refractivity contribution is 7.87. The van der Waals surface area contributed by atoms with Crippen LogP contribution in [0.5, 0.6) is 0 Å². The number of hydrogen-bond donors (Lipinski definition) is 3. The summed E-state index contributed by atoms with van der Waals surface area (Å²) < 4.78 is 26.5.